The summed E-state index contributed by atoms with van der Waals surface area (Å²) in [6.07, 6.45) is -9.61. The van der Waals surface area contributed by atoms with Gasteiger partial charge in [0.25, 0.3) is 18.0 Å². The zero-order valence-corrected chi connectivity index (χ0v) is 54.2. The maximum Gasteiger partial charge on any atom is 0.272 e. The van der Waals surface area contributed by atoms with Gasteiger partial charge >= 0.3 is 0 Å². The van der Waals surface area contributed by atoms with Crippen LogP contribution in [-0.2, 0) is 91.5 Å². The first-order valence-corrected chi connectivity index (χ1v) is 33.4. The van der Waals surface area contributed by atoms with Crippen molar-refractivity contribution in [3.05, 3.63) is 270 Å². The summed E-state index contributed by atoms with van der Waals surface area (Å²) in [7, 11) is -1.94. The summed E-state index contributed by atoms with van der Waals surface area (Å²) in [6.45, 7) is 7.42. The van der Waals surface area contributed by atoms with Crippen molar-refractivity contribution in [3.63, 3.8) is 0 Å². The molecule has 2 fully saturated rings. The van der Waals surface area contributed by atoms with Crippen molar-refractivity contribution in [2.75, 3.05) is 20.3 Å². The Morgan fingerprint density at radius 1 is 0.433 bits per heavy atom. The average Bonchev–Trinajstić information content (AvgIpc) is 0.742. The van der Waals surface area contributed by atoms with E-state index >= 15 is 0 Å². The molecule has 0 spiro atoms. The molecule has 2 heterocycles. The van der Waals surface area contributed by atoms with E-state index in [0.717, 1.165) is 49.5 Å². The van der Waals surface area contributed by atoms with Crippen LogP contribution in [0.15, 0.2) is 237 Å². The van der Waals surface area contributed by atoms with Gasteiger partial charge < -0.3 is 57.1 Å². The molecule has 8 aromatic rings. The highest BCUT2D eigenvalue weighted by Crippen LogP contribution is 2.42. The van der Waals surface area contributed by atoms with Crippen LogP contribution >= 0.6 is 34.8 Å². The first-order chi connectivity index (χ1) is 43.8. The van der Waals surface area contributed by atoms with Crippen LogP contribution in [0, 0.1) is 0 Å². The van der Waals surface area contributed by atoms with Crippen molar-refractivity contribution < 1.29 is 56.6 Å². The van der Waals surface area contributed by atoms with E-state index in [2.05, 4.69) is 50.4 Å². The molecule has 90 heavy (non-hydrogen) atoms. The minimum absolute atomic E-state index is 0.0248. The smallest absolute Gasteiger partial charge is 0.272 e. The summed E-state index contributed by atoms with van der Waals surface area (Å²) in [4.78, 5) is 14.7. The van der Waals surface area contributed by atoms with Gasteiger partial charge in [-0.15, -0.1) is 0 Å². The molecule has 0 aromatic heterocycles. The van der Waals surface area contributed by atoms with E-state index in [1.807, 2.05) is 212 Å². The summed E-state index contributed by atoms with van der Waals surface area (Å²) >= 11 is 19.7. The molecule has 2 aliphatic heterocycles. The second kappa shape index (κ2) is 32.3. The monoisotopic (exact) mass is 1290 g/mol. The molecule has 2 saturated heterocycles. The SMILES string of the molecule is COc1ccc(COC[C@H]2O[C@@H](O[C@H]3[C@H](OCc4ccccc4)[C@@H](NC(=O)C(Cl)(Cl)Cl)[C@H](O[Si](c4ccccc4)(c4ccccc4)C(C)(C)C)O[C@@H]3COCc3ccccc3)[C@H](OCc3ccccc3)[C@@H](OCc3ccccc3)[C@H]2OCc2ccccc2)cc1. The molecular weight excluding hydrogens is 1220 g/mol. The Hall–Kier alpha value is -6.28. The van der Waals surface area contributed by atoms with Gasteiger partial charge in [0.1, 0.15) is 54.5 Å². The Kier molecular flexibility index (Phi) is 23.9. The molecule has 2 aliphatic rings. The minimum Gasteiger partial charge on any atom is -0.497 e. The largest absolute Gasteiger partial charge is 0.497 e. The summed E-state index contributed by atoms with van der Waals surface area (Å²) in [6, 6.07) is 76.0. The number of amides is 1. The minimum atomic E-state index is -3.57. The number of methoxy groups -OCH3 is 1. The van der Waals surface area contributed by atoms with Crippen molar-refractivity contribution in [1.82, 2.24) is 5.32 Å². The Labute approximate surface area is 544 Å². The van der Waals surface area contributed by atoms with E-state index in [-0.39, 0.29) is 52.9 Å². The van der Waals surface area contributed by atoms with Crippen LogP contribution < -0.4 is 20.4 Å². The molecule has 1 amide bonds. The zero-order valence-electron chi connectivity index (χ0n) is 51.0. The fourth-order valence-electron chi connectivity index (χ4n) is 11.5. The standard InChI is InChI=1S/C73H78Cl3NO12Si/c1-72(2,3)90(59-36-22-10-23-37-59,60-38-24-11-25-39-60)89-69-63(77-71(78)73(74,75)76)66(83-47-54-30-16-7-17-31-54)65(62(86-69)51-80-44-52-26-12-5-13-27-52)88-70-68(85-49-56-34-20-9-21-35-56)67(84-48-55-32-18-8-19-33-55)64(82-46-53-28-14-6-15-29-53)61(87-70)50-81-45-57-40-42-58(79-4)43-41-57/h5-43,61-70H,44-51H2,1-4H3,(H,77,78)/t61-,62-,63-,64+,65-,66-,67+,68-,69+,70+/m1/s1. The third kappa shape index (κ3) is 17.6. The number of rotatable bonds is 28. The molecule has 0 unspecified atom stereocenters. The van der Waals surface area contributed by atoms with Crippen molar-refractivity contribution in [1.29, 1.82) is 0 Å². The van der Waals surface area contributed by atoms with Gasteiger partial charge in [-0.05, 0) is 60.9 Å². The van der Waals surface area contributed by atoms with Crippen LogP contribution in [0.4, 0.5) is 0 Å². The van der Waals surface area contributed by atoms with Gasteiger partial charge in [0.15, 0.2) is 12.6 Å². The normalized spacial score (nSPS) is 22.2. The number of nitrogens with one attached hydrogen (secondary N) is 1. The van der Waals surface area contributed by atoms with E-state index < -0.39 is 84.4 Å². The van der Waals surface area contributed by atoms with Crippen molar-refractivity contribution in [2.24, 2.45) is 0 Å². The van der Waals surface area contributed by atoms with Crippen LogP contribution in [0.1, 0.15) is 54.2 Å². The second-order valence-electron chi connectivity index (χ2n) is 23.4. The predicted molar refractivity (Wildman–Crippen MR) is 352 cm³/mol. The first kappa shape index (κ1) is 66.6. The molecule has 0 radical (unpaired) electrons. The molecular formula is C73H78Cl3NO12Si. The lowest BCUT2D eigenvalue weighted by atomic mass is 9.94. The van der Waals surface area contributed by atoms with Gasteiger partial charge in [-0.25, -0.2) is 0 Å². The van der Waals surface area contributed by atoms with Crippen molar-refractivity contribution in [3.8, 4) is 5.75 Å². The Bertz CT molecular complexity index is 3340. The highest BCUT2D eigenvalue weighted by Gasteiger charge is 2.59. The van der Waals surface area contributed by atoms with Crippen molar-refractivity contribution >= 4 is 59.4 Å². The Balaban J connectivity index is 1.13. The topological polar surface area (TPSA) is 131 Å². The van der Waals surface area contributed by atoms with E-state index in [0.29, 0.717) is 0 Å². The fraction of sp³-hybridized carbons (Fsp3) is 0.329. The summed E-state index contributed by atoms with van der Waals surface area (Å²) in [5, 5.41) is 4.43. The summed E-state index contributed by atoms with van der Waals surface area (Å²) in [5.74, 6) is -0.219. The van der Waals surface area contributed by atoms with E-state index in [4.69, 9.17) is 86.6 Å². The molecule has 17 heteroatoms. The molecule has 0 bridgehead atoms. The van der Waals surface area contributed by atoms with E-state index in [1.54, 1.807) is 7.11 Å². The maximum atomic E-state index is 14.7. The lowest BCUT2D eigenvalue weighted by Gasteiger charge is -2.53. The molecule has 0 aliphatic carbocycles. The molecule has 8 aromatic carbocycles. The lowest BCUT2D eigenvalue weighted by Crippen LogP contribution is -2.74. The third-order valence-electron chi connectivity index (χ3n) is 16.0. The van der Waals surface area contributed by atoms with E-state index in [1.165, 1.54) is 0 Å². The van der Waals surface area contributed by atoms with Gasteiger partial charge in [-0.1, -0.05) is 280 Å². The summed E-state index contributed by atoms with van der Waals surface area (Å²) in [5.41, 5.74) is 5.41. The highest BCUT2D eigenvalue weighted by atomic mass is 35.6. The number of halogens is 3. The number of alkyl halides is 3. The van der Waals surface area contributed by atoms with Crippen LogP contribution in [0.5, 0.6) is 5.75 Å². The molecule has 472 valence electrons. The first-order valence-electron chi connectivity index (χ1n) is 30.3. The van der Waals surface area contributed by atoms with Crippen LogP contribution in [-0.4, -0.2) is 99.7 Å². The number of hydrogen-bond donors (Lipinski definition) is 1. The predicted octanol–water partition coefficient (Wildman–Crippen LogP) is 13.0. The maximum absolute atomic E-state index is 14.7. The van der Waals surface area contributed by atoms with E-state index in [9.17, 15) is 4.79 Å². The van der Waals surface area contributed by atoms with Gasteiger partial charge in [0, 0.05) is 0 Å². The van der Waals surface area contributed by atoms with Crippen LogP contribution in [0.3, 0.4) is 0 Å². The lowest BCUT2D eigenvalue weighted by molar-refractivity contribution is -0.362. The Morgan fingerprint density at radius 2 is 0.789 bits per heavy atom. The van der Waals surface area contributed by atoms with Gasteiger partial charge in [-0.2, -0.15) is 0 Å². The molecule has 10 atom stereocenters. The molecule has 1 N–H and O–H groups in total. The zero-order chi connectivity index (χ0) is 62.8. The second-order valence-corrected chi connectivity index (χ2v) is 29.9. The Morgan fingerprint density at radius 3 is 1.20 bits per heavy atom. The quantitative estimate of drug-likeness (QED) is 0.0370. The fourth-order valence-corrected chi connectivity index (χ4v) is 16.3. The third-order valence-corrected chi connectivity index (χ3v) is 21.5. The van der Waals surface area contributed by atoms with Crippen LogP contribution in [0.25, 0.3) is 0 Å². The average molecular weight is 1300 g/mol. The van der Waals surface area contributed by atoms with Gasteiger partial charge in [-0.3, -0.25) is 4.79 Å². The molecule has 0 saturated carbocycles. The molecule has 13 nitrogen and oxygen atoms in total. The van der Waals surface area contributed by atoms with Gasteiger partial charge in [0.2, 0.25) is 0 Å². The number of hydrogen-bond acceptors (Lipinski definition) is 12. The highest BCUT2D eigenvalue weighted by molar-refractivity contribution is 6.99. The van der Waals surface area contributed by atoms with Crippen LogP contribution in [0.2, 0.25) is 5.04 Å². The number of benzene rings is 8. The number of ether oxygens (including phenoxy) is 10. The summed E-state index contributed by atoms with van der Waals surface area (Å²) < 4.78 is 75.7. The van der Waals surface area contributed by atoms with Crippen molar-refractivity contribution in [2.45, 2.75) is 131 Å². The number of carbonyl (C=O) groups is 1. The number of carbonyl (C=O) groups excluding carboxylic acids is 1. The molecule has 10 rings (SSSR count). The van der Waals surface area contributed by atoms with Gasteiger partial charge in [0.05, 0.1) is 60.0 Å².